The number of methoxy groups -OCH3 is 1. The summed E-state index contributed by atoms with van der Waals surface area (Å²) < 4.78 is 32.6. The molecule has 1 fully saturated rings. The summed E-state index contributed by atoms with van der Waals surface area (Å²) in [5.74, 6) is -0.162. The van der Waals surface area contributed by atoms with Gasteiger partial charge in [-0.2, -0.15) is 0 Å². The number of rotatable bonds is 5. The molecule has 0 radical (unpaired) electrons. The van der Waals surface area contributed by atoms with Crippen LogP contribution in [0.3, 0.4) is 0 Å². The van der Waals surface area contributed by atoms with Gasteiger partial charge in [0.05, 0.1) is 12.0 Å². The van der Waals surface area contributed by atoms with Gasteiger partial charge in [0.25, 0.3) is 10.0 Å². The van der Waals surface area contributed by atoms with Crippen molar-refractivity contribution in [2.45, 2.75) is 31.1 Å². The summed E-state index contributed by atoms with van der Waals surface area (Å²) in [6.45, 7) is 3.49. The largest absolute Gasteiger partial charge is 0.496 e. The first-order valence-electron chi connectivity index (χ1n) is 7.96. The van der Waals surface area contributed by atoms with Crippen LogP contribution in [0.1, 0.15) is 29.0 Å². The first-order chi connectivity index (χ1) is 11.8. The molecule has 6 nitrogen and oxygen atoms in total. The Hall–Kier alpha value is -2.41. The maximum absolute atomic E-state index is 12.6. The highest BCUT2D eigenvalue weighted by atomic mass is 32.2. The summed E-state index contributed by atoms with van der Waals surface area (Å²) in [7, 11) is -2.39. The van der Waals surface area contributed by atoms with Crippen LogP contribution >= 0.6 is 0 Å². The quantitative estimate of drug-likeness (QED) is 0.884. The molecule has 1 aliphatic rings. The van der Waals surface area contributed by atoms with Gasteiger partial charge in [-0.1, -0.05) is 6.07 Å². The van der Waals surface area contributed by atoms with Crippen molar-refractivity contribution >= 4 is 15.9 Å². The molecule has 1 amide bonds. The molecule has 2 aromatic rings. The fourth-order valence-corrected chi connectivity index (χ4v) is 4.32. The molecule has 0 saturated heterocycles. The molecule has 132 valence electrons. The van der Waals surface area contributed by atoms with Crippen LogP contribution in [0.5, 0.6) is 5.75 Å². The van der Waals surface area contributed by atoms with Crippen LogP contribution in [0.4, 0.5) is 0 Å². The summed E-state index contributed by atoms with van der Waals surface area (Å²) in [5, 5.41) is 0. The highest BCUT2D eigenvalue weighted by molar-refractivity contribution is 7.90. The molecule has 1 aromatic carbocycles. The van der Waals surface area contributed by atoms with Gasteiger partial charge in [0.15, 0.2) is 0 Å². The number of aromatic nitrogens is 1. The minimum Gasteiger partial charge on any atom is -0.496 e. The number of hydrogen-bond donors (Lipinski definition) is 1. The monoisotopic (exact) mass is 360 g/mol. The van der Waals surface area contributed by atoms with Crippen LogP contribution in [0.15, 0.2) is 41.6 Å². The highest BCUT2D eigenvalue weighted by Crippen LogP contribution is 2.47. The Kier molecular flexibility index (Phi) is 4.51. The fraction of sp³-hybridized carbons (Fsp3) is 0.333. The van der Waals surface area contributed by atoms with Crippen LogP contribution < -0.4 is 9.46 Å². The molecule has 0 aliphatic heterocycles. The van der Waals surface area contributed by atoms with E-state index in [0.717, 1.165) is 11.1 Å². The van der Waals surface area contributed by atoms with Gasteiger partial charge in [0.2, 0.25) is 5.91 Å². The van der Waals surface area contributed by atoms with Gasteiger partial charge < -0.3 is 4.74 Å². The van der Waals surface area contributed by atoms with Gasteiger partial charge in [0.1, 0.15) is 5.75 Å². The zero-order chi connectivity index (χ0) is 18.2. The van der Waals surface area contributed by atoms with Crippen molar-refractivity contribution in [1.82, 2.24) is 9.71 Å². The molecule has 1 heterocycles. The van der Waals surface area contributed by atoms with Crippen molar-refractivity contribution in [2.24, 2.45) is 5.92 Å². The lowest BCUT2D eigenvalue weighted by atomic mass is 10.1. The van der Waals surface area contributed by atoms with Crippen molar-refractivity contribution in [1.29, 1.82) is 0 Å². The van der Waals surface area contributed by atoms with Gasteiger partial charge in [0, 0.05) is 18.3 Å². The van der Waals surface area contributed by atoms with E-state index in [4.69, 9.17) is 4.74 Å². The smallest absolute Gasteiger partial charge is 0.264 e. The number of nitrogens with one attached hydrogen (secondary N) is 1. The average molecular weight is 360 g/mol. The lowest BCUT2D eigenvalue weighted by Crippen LogP contribution is -2.32. The van der Waals surface area contributed by atoms with Crippen LogP contribution in [0.2, 0.25) is 0 Å². The Bertz CT molecular complexity index is 910. The maximum Gasteiger partial charge on any atom is 0.264 e. The standard InChI is InChI=1S/C18H20N2O4S/c1-11-12(2)17(7-6-16(11)24-3)25(22,23)20-18(21)15-9-14(15)13-5-4-8-19-10-13/h4-8,10,14-15H,9H2,1-3H3,(H,20,21)/t14-,15-/m1/s1. The molecule has 1 aliphatic carbocycles. The second-order valence-electron chi connectivity index (χ2n) is 6.22. The van der Waals surface area contributed by atoms with Gasteiger partial charge >= 0.3 is 0 Å². The lowest BCUT2D eigenvalue weighted by Gasteiger charge is -2.13. The SMILES string of the molecule is COc1ccc(S(=O)(=O)NC(=O)[C@@H]2C[C@@H]2c2cccnc2)c(C)c1C. The van der Waals surface area contributed by atoms with Gasteiger partial charge in [-0.25, -0.2) is 13.1 Å². The van der Waals surface area contributed by atoms with E-state index in [2.05, 4.69) is 9.71 Å². The minimum absolute atomic E-state index is 0.0302. The normalized spacial score (nSPS) is 19.3. The minimum atomic E-state index is -3.92. The van der Waals surface area contributed by atoms with Gasteiger partial charge in [-0.05, 0) is 61.1 Å². The van der Waals surface area contributed by atoms with E-state index in [0.29, 0.717) is 17.7 Å². The zero-order valence-electron chi connectivity index (χ0n) is 14.3. The van der Waals surface area contributed by atoms with Crippen molar-refractivity contribution in [3.05, 3.63) is 53.3 Å². The average Bonchev–Trinajstić information content (AvgIpc) is 3.38. The van der Waals surface area contributed by atoms with E-state index < -0.39 is 15.9 Å². The third kappa shape index (κ3) is 3.37. The number of carbonyl (C=O) groups excluding carboxylic acids is 1. The van der Waals surface area contributed by atoms with Crippen molar-refractivity contribution < 1.29 is 17.9 Å². The number of nitrogens with zero attached hydrogens (tertiary/aromatic N) is 1. The van der Waals surface area contributed by atoms with Crippen LogP contribution in [0, 0.1) is 19.8 Å². The number of ether oxygens (including phenoxy) is 1. The molecule has 0 bridgehead atoms. The number of sulfonamides is 1. The molecular formula is C18H20N2O4S. The van der Waals surface area contributed by atoms with Crippen molar-refractivity contribution in [3.8, 4) is 5.75 Å². The second-order valence-corrected chi connectivity index (χ2v) is 7.87. The van der Waals surface area contributed by atoms with Crippen LogP contribution in [0.25, 0.3) is 0 Å². The zero-order valence-corrected chi connectivity index (χ0v) is 15.1. The summed E-state index contributed by atoms with van der Waals surface area (Å²) >= 11 is 0. The highest BCUT2D eigenvalue weighted by Gasteiger charge is 2.45. The number of pyridine rings is 1. The van der Waals surface area contributed by atoms with E-state index in [1.165, 1.54) is 13.2 Å². The number of hydrogen-bond acceptors (Lipinski definition) is 5. The Labute approximate surface area is 147 Å². The van der Waals surface area contributed by atoms with E-state index >= 15 is 0 Å². The molecule has 3 rings (SSSR count). The molecule has 1 aromatic heterocycles. The molecule has 1 saturated carbocycles. The Morgan fingerprint density at radius 1 is 1.24 bits per heavy atom. The number of benzene rings is 1. The van der Waals surface area contributed by atoms with Crippen molar-refractivity contribution in [2.75, 3.05) is 7.11 Å². The number of amides is 1. The fourth-order valence-electron chi connectivity index (χ4n) is 2.99. The molecule has 0 spiro atoms. The molecule has 0 unspecified atom stereocenters. The summed E-state index contributed by atoms with van der Waals surface area (Å²) in [6, 6.07) is 6.76. The Balaban J connectivity index is 1.77. The second kappa shape index (κ2) is 6.48. The lowest BCUT2D eigenvalue weighted by molar-refractivity contribution is -0.120. The topological polar surface area (TPSA) is 85.4 Å². The molecule has 1 N–H and O–H groups in total. The molecule has 7 heteroatoms. The van der Waals surface area contributed by atoms with E-state index in [1.54, 1.807) is 32.3 Å². The van der Waals surface area contributed by atoms with Crippen molar-refractivity contribution in [3.63, 3.8) is 0 Å². The summed E-state index contributed by atoms with van der Waals surface area (Å²) in [5.41, 5.74) is 2.26. The first-order valence-corrected chi connectivity index (χ1v) is 9.44. The Morgan fingerprint density at radius 2 is 2.00 bits per heavy atom. The van der Waals surface area contributed by atoms with E-state index in [1.807, 2.05) is 12.1 Å². The van der Waals surface area contributed by atoms with E-state index in [-0.39, 0.29) is 16.7 Å². The Morgan fingerprint density at radius 3 is 2.64 bits per heavy atom. The van der Waals surface area contributed by atoms with Crippen LogP contribution in [-0.2, 0) is 14.8 Å². The predicted molar refractivity (Wildman–Crippen MR) is 92.9 cm³/mol. The summed E-state index contributed by atoms with van der Waals surface area (Å²) in [6.07, 6.45) is 4.01. The third-order valence-corrected chi connectivity index (χ3v) is 6.16. The third-order valence-electron chi connectivity index (χ3n) is 4.67. The molecule has 2 atom stereocenters. The van der Waals surface area contributed by atoms with Gasteiger partial charge in [-0.3, -0.25) is 9.78 Å². The molecule has 25 heavy (non-hydrogen) atoms. The van der Waals surface area contributed by atoms with Crippen LogP contribution in [-0.4, -0.2) is 26.4 Å². The molecular weight excluding hydrogens is 340 g/mol. The summed E-state index contributed by atoms with van der Waals surface area (Å²) in [4.78, 5) is 16.5. The first kappa shape index (κ1) is 17.4. The maximum atomic E-state index is 12.6. The predicted octanol–water partition coefficient (Wildman–Crippen LogP) is 2.32. The number of carbonyl (C=O) groups is 1. The van der Waals surface area contributed by atoms with Gasteiger partial charge in [-0.15, -0.1) is 0 Å². The van der Waals surface area contributed by atoms with E-state index in [9.17, 15) is 13.2 Å².